The molecule has 28 heavy (non-hydrogen) atoms. The molecular formula is C20H17N5O3. The second kappa shape index (κ2) is 6.49. The number of amides is 1. The minimum atomic E-state index is -0.0651. The van der Waals surface area contributed by atoms with Crippen molar-refractivity contribution in [3.05, 3.63) is 65.7 Å². The highest BCUT2D eigenvalue weighted by atomic mass is 16.5. The molecule has 5 rings (SSSR count). The van der Waals surface area contributed by atoms with Gasteiger partial charge in [0.25, 0.3) is 11.8 Å². The number of carbonyl (C=O) groups is 1. The summed E-state index contributed by atoms with van der Waals surface area (Å²) in [7, 11) is 1.89. The first kappa shape index (κ1) is 16.5. The first-order chi connectivity index (χ1) is 13.7. The number of furan rings is 1. The summed E-state index contributed by atoms with van der Waals surface area (Å²) in [4.78, 5) is 19.0. The molecule has 0 N–H and O–H groups in total. The highest BCUT2D eigenvalue weighted by Gasteiger charge is 2.30. The zero-order valence-electron chi connectivity index (χ0n) is 15.2. The molecule has 1 amide bonds. The maximum atomic E-state index is 12.7. The maximum Gasteiger partial charge on any atom is 0.279 e. The predicted octanol–water partition coefficient (Wildman–Crippen LogP) is 2.93. The number of benzene rings is 1. The third kappa shape index (κ3) is 2.70. The molecule has 1 aromatic carbocycles. The zero-order chi connectivity index (χ0) is 19.1. The van der Waals surface area contributed by atoms with E-state index in [9.17, 15) is 4.79 Å². The fourth-order valence-electron chi connectivity index (χ4n) is 3.53. The second-order valence-electron chi connectivity index (χ2n) is 6.68. The second-order valence-corrected chi connectivity index (χ2v) is 6.68. The van der Waals surface area contributed by atoms with Gasteiger partial charge in [-0.25, -0.2) is 0 Å². The lowest BCUT2D eigenvalue weighted by Crippen LogP contribution is -2.36. The molecule has 8 nitrogen and oxygen atoms in total. The number of hydrogen-bond donors (Lipinski definition) is 0. The lowest BCUT2D eigenvalue weighted by Gasteiger charge is -2.27. The summed E-state index contributed by atoms with van der Waals surface area (Å²) in [5, 5.41) is 8.68. The van der Waals surface area contributed by atoms with Crippen molar-refractivity contribution >= 4 is 5.91 Å². The molecule has 0 saturated heterocycles. The first-order valence-corrected chi connectivity index (χ1v) is 8.96. The van der Waals surface area contributed by atoms with Gasteiger partial charge in [0.05, 0.1) is 18.4 Å². The van der Waals surface area contributed by atoms with Crippen molar-refractivity contribution in [1.29, 1.82) is 0 Å². The molecule has 0 fully saturated rings. The maximum absolute atomic E-state index is 12.7. The summed E-state index contributed by atoms with van der Waals surface area (Å²) in [5.74, 6) is 0.801. The minimum Gasteiger partial charge on any atom is -0.472 e. The standard InChI is InChI=1S/C20H17N5O3/c1-24-16-7-9-25(20(26)14-8-10-27-12-14)11-15(16)17(22-24)19-21-18(23-28-19)13-5-3-2-4-6-13/h2-6,8,10,12H,7,9,11H2,1H3. The normalized spacial score (nSPS) is 13.5. The van der Waals surface area contributed by atoms with E-state index >= 15 is 0 Å². The van der Waals surface area contributed by atoms with E-state index in [1.54, 1.807) is 11.0 Å². The summed E-state index contributed by atoms with van der Waals surface area (Å²) < 4.78 is 12.4. The average molecular weight is 375 g/mol. The molecule has 3 aromatic heterocycles. The van der Waals surface area contributed by atoms with Gasteiger partial charge in [0.1, 0.15) is 6.26 Å². The van der Waals surface area contributed by atoms with Gasteiger partial charge in [0, 0.05) is 36.8 Å². The molecular weight excluding hydrogens is 358 g/mol. The number of aryl methyl sites for hydroxylation is 1. The van der Waals surface area contributed by atoms with Crippen LogP contribution in [0.5, 0.6) is 0 Å². The Morgan fingerprint density at radius 1 is 1.18 bits per heavy atom. The van der Waals surface area contributed by atoms with Crippen molar-refractivity contribution in [3.8, 4) is 23.0 Å². The topological polar surface area (TPSA) is 90.2 Å². The molecule has 4 heterocycles. The highest BCUT2D eigenvalue weighted by Crippen LogP contribution is 2.30. The van der Waals surface area contributed by atoms with E-state index in [0.29, 0.717) is 42.5 Å². The number of aromatic nitrogens is 4. The monoisotopic (exact) mass is 375 g/mol. The van der Waals surface area contributed by atoms with Crippen LogP contribution in [-0.2, 0) is 20.0 Å². The smallest absolute Gasteiger partial charge is 0.279 e. The minimum absolute atomic E-state index is 0.0651. The third-order valence-corrected chi connectivity index (χ3v) is 4.96. The highest BCUT2D eigenvalue weighted by molar-refractivity contribution is 5.94. The van der Waals surface area contributed by atoms with Crippen LogP contribution in [0.3, 0.4) is 0 Å². The Morgan fingerprint density at radius 2 is 2.04 bits per heavy atom. The molecule has 0 unspecified atom stereocenters. The average Bonchev–Trinajstić information content (AvgIpc) is 3.48. The molecule has 0 aliphatic carbocycles. The van der Waals surface area contributed by atoms with E-state index in [1.807, 2.05) is 42.1 Å². The van der Waals surface area contributed by atoms with Gasteiger partial charge in [-0.3, -0.25) is 9.48 Å². The SMILES string of the molecule is Cn1nc(-c2nc(-c3ccccc3)no2)c2c1CCN(C(=O)c1ccoc1)C2. The number of hydrogen-bond acceptors (Lipinski definition) is 6. The predicted molar refractivity (Wildman–Crippen MR) is 99.1 cm³/mol. The number of fused-ring (bicyclic) bond motifs is 1. The van der Waals surface area contributed by atoms with E-state index in [0.717, 1.165) is 16.8 Å². The van der Waals surface area contributed by atoms with Crippen molar-refractivity contribution < 1.29 is 13.7 Å². The van der Waals surface area contributed by atoms with E-state index in [4.69, 9.17) is 8.94 Å². The van der Waals surface area contributed by atoms with Gasteiger partial charge in [-0.15, -0.1) is 0 Å². The van der Waals surface area contributed by atoms with Crippen molar-refractivity contribution in [1.82, 2.24) is 24.8 Å². The lowest BCUT2D eigenvalue weighted by molar-refractivity contribution is 0.0733. The van der Waals surface area contributed by atoms with E-state index in [-0.39, 0.29) is 5.91 Å². The molecule has 0 bridgehead atoms. The van der Waals surface area contributed by atoms with Crippen molar-refractivity contribution in [2.45, 2.75) is 13.0 Å². The summed E-state index contributed by atoms with van der Waals surface area (Å²) in [6, 6.07) is 11.3. The Bertz CT molecular complexity index is 1130. The number of nitrogens with zero attached hydrogens (tertiary/aromatic N) is 5. The van der Waals surface area contributed by atoms with Crippen LogP contribution in [0.2, 0.25) is 0 Å². The van der Waals surface area contributed by atoms with E-state index in [1.165, 1.54) is 12.5 Å². The molecule has 0 radical (unpaired) electrons. The van der Waals surface area contributed by atoms with Crippen LogP contribution in [-0.4, -0.2) is 37.3 Å². The summed E-state index contributed by atoms with van der Waals surface area (Å²) >= 11 is 0. The van der Waals surface area contributed by atoms with Crippen molar-refractivity contribution in [2.75, 3.05) is 6.54 Å². The summed E-state index contributed by atoms with van der Waals surface area (Å²) in [6.45, 7) is 1.06. The number of carbonyl (C=O) groups excluding carboxylic acids is 1. The number of rotatable bonds is 3. The van der Waals surface area contributed by atoms with Gasteiger partial charge in [0.2, 0.25) is 5.82 Å². The fraction of sp³-hybridized carbons (Fsp3) is 0.200. The molecule has 0 spiro atoms. The largest absolute Gasteiger partial charge is 0.472 e. The Balaban J connectivity index is 1.49. The van der Waals surface area contributed by atoms with Gasteiger partial charge >= 0.3 is 0 Å². The quantitative estimate of drug-likeness (QED) is 0.547. The summed E-state index contributed by atoms with van der Waals surface area (Å²) in [5.41, 5.74) is 4.05. The van der Waals surface area contributed by atoms with Gasteiger partial charge in [-0.1, -0.05) is 35.5 Å². The van der Waals surface area contributed by atoms with Gasteiger partial charge in [-0.2, -0.15) is 10.1 Å². The fourth-order valence-corrected chi connectivity index (χ4v) is 3.53. The zero-order valence-corrected chi connectivity index (χ0v) is 15.2. The van der Waals surface area contributed by atoms with Crippen molar-refractivity contribution in [2.24, 2.45) is 7.05 Å². The molecule has 1 aliphatic rings. The Morgan fingerprint density at radius 3 is 2.82 bits per heavy atom. The lowest BCUT2D eigenvalue weighted by atomic mass is 10.0. The van der Waals surface area contributed by atoms with E-state index < -0.39 is 0 Å². The van der Waals surface area contributed by atoms with Crippen molar-refractivity contribution in [3.63, 3.8) is 0 Å². The van der Waals surface area contributed by atoms with Crippen LogP contribution in [0.1, 0.15) is 21.6 Å². The molecule has 0 saturated carbocycles. The molecule has 8 heteroatoms. The van der Waals surface area contributed by atoms with Crippen LogP contribution in [0.25, 0.3) is 23.0 Å². The van der Waals surface area contributed by atoms with Gasteiger partial charge < -0.3 is 13.8 Å². The molecule has 140 valence electrons. The van der Waals surface area contributed by atoms with Gasteiger partial charge in [-0.05, 0) is 6.07 Å². The summed E-state index contributed by atoms with van der Waals surface area (Å²) in [6.07, 6.45) is 3.68. The molecule has 0 atom stereocenters. The van der Waals surface area contributed by atoms with Crippen LogP contribution in [0.4, 0.5) is 0 Å². The Kier molecular flexibility index (Phi) is 3.82. The van der Waals surface area contributed by atoms with E-state index in [2.05, 4.69) is 15.2 Å². The van der Waals surface area contributed by atoms with Crippen LogP contribution < -0.4 is 0 Å². The van der Waals surface area contributed by atoms with Gasteiger partial charge in [0.15, 0.2) is 5.69 Å². The Labute approximate surface area is 160 Å². The Hall–Kier alpha value is -3.68. The molecule has 4 aromatic rings. The van der Waals surface area contributed by atoms with Crippen LogP contribution >= 0.6 is 0 Å². The molecule has 1 aliphatic heterocycles. The van der Waals surface area contributed by atoms with Crippen LogP contribution in [0.15, 0.2) is 57.9 Å². The first-order valence-electron chi connectivity index (χ1n) is 8.96. The third-order valence-electron chi connectivity index (χ3n) is 4.96. The van der Waals surface area contributed by atoms with Crippen LogP contribution in [0, 0.1) is 0 Å².